The van der Waals surface area contributed by atoms with Crippen molar-refractivity contribution >= 4 is 17.4 Å². The molecule has 1 fully saturated rings. The molecule has 1 aliphatic rings. The summed E-state index contributed by atoms with van der Waals surface area (Å²) in [5.41, 5.74) is 0.0536. The predicted molar refractivity (Wildman–Crippen MR) is 79.4 cm³/mol. The summed E-state index contributed by atoms with van der Waals surface area (Å²) in [5.74, 6) is -0.541. The molecule has 0 spiro atoms. The smallest absolute Gasteiger partial charge is 0.356 e. The Bertz CT molecular complexity index is 744. The molecule has 24 heavy (non-hydrogen) atoms. The number of nitrogens with one attached hydrogen (secondary N) is 1. The average molecular weight is 342 g/mol. The van der Waals surface area contributed by atoms with Gasteiger partial charge in [-0.2, -0.15) is 17.7 Å². The summed E-state index contributed by atoms with van der Waals surface area (Å²) in [6, 6.07) is 3.12. The number of carbonyl (C=O) groups is 1. The second kappa shape index (κ2) is 6.25. The number of hydrogen-bond donors (Lipinski definition) is 1. The minimum absolute atomic E-state index is 0.0536. The Morgan fingerprint density at radius 1 is 1.38 bits per heavy atom. The first-order valence-corrected chi connectivity index (χ1v) is 7.63. The number of hydrogen-bond acceptors (Lipinski definition) is 5. The van der Waals surface area contributed by atoms with Crippen molar-refractivity contribution in [1.29, 1.82) is 0 Å². The van der Waals surface area contributed by atoms with E-state index in [1.807, 2.05) is 4.90 Å². The Labute approximate surface area is 135 Å². The fourth-order valence-corrected chi connectivity index (χ4v) is 2.85. The van der Waals surface area contributed by atoms with Crippen LogP contribution in [0.2, 0.25) is 0 Å². The number of aromatic nitrogens is 4. The largest absolute Gasteiger partial charge is 0.453 e. The third-order valence-corrected chi connectivity index (χ3v) is 3.98. The molecule has 0 aromatic carbocycles. The third kappa shape index (κ3) is 3.41. The number of piperidine rings is 1. The van der Waals surface area contributed by atoms with Crippen molar-refractivity contribution in [3.05, 3.63) is 18.0 Å². The van der Waals surface area contributed by atoms with Gasteiger partial charge in [-0.05, 0) is 30.9 Å². The molecule has 2 aromatic heterocycles. The van der Waals surface area contributed by atoms with E-state index in [0.717, 1.165) is 17.4 Å². The van der Waals surface area contributed by atoms with Crippen molar-refractivity contribution in [2.24, 2.45) is 5.92 Å². The van der Waals surface area contributed by atoms with E-state index in [4.69, 9.17) is 0 Å². The van der Waals surface area contributed by atoms with Crippen molar-refractivity contribution in [3.8, 4) is 0 Å². The lowest BCUT2D eigenvalue weighted by molar-refractivity contribution is -0.146. The number of alkyl halides is 3. The first-order valence-electron chi connectivity index (χ1n) is 7.63. The van der Waals surface area contributed by atoms with Crippen molar-refractivity contribution in [2.75, 3.05) is 24.5 Å². The number of halogens is 3. The maximum Gasteiger partial charge on any atom is 0.453 e. The quantitative estimate of drug-likeness (QED) is 0.915. The molecule has 1 atom stereocenters. The van der Waals surface area contributed by atoms with Gasteiger partial charge in [-0.25, -0.2) is 0 Å². The summed E-state index contributed by atoms with van der Waals surface area (Å²) in [5, 5.41) is 13.5. The lowest BCUT2D eigenvalue weighted by Gasteiger charge is -2.33. The molecule has 7 nitrogen and oxygen atoms in total. The zero-order valence-electron chi connectivity index (χ0n) is 13.0. The van der Waals surface area contributed by atoms with E-state index in [2.05, 4.69) is 20.6 Å². The highest BCUT2D eigenvalue weighted by atomic mass is 19.4. The Kier molecular flexibility index (Phi) is 4.29. The molecule has 0 aliphatic carbocycles. The first kappa shape index (κ1) is 16.5. The highest BCUT2D eigenvalue weighted by molar-refractivity contribution is 5.72. The molecular formula is C14H17F3N6O. The van der Waals surface area contributed by atoms with Gasteiger partial charge in [0.15, 0.2) is 5.65 Å². The maximum absolute atomic E-state index is 12.9. The van der Waals surface area contributed by atoms with E-state index in [1.165, 1.54) is 13.0 Å². The Morgan fingerprint density at radius 2 is 2.17 bits per heavy atom. The van der Waals surface area contributed by atoms with Crippen molar-refractivity contribution in [2.45, 2.75) is 25.9 Å². The average Bonchev–Trinajstić information content (AvgIpc) is 2.96. The standard InChI is InChI=1S/C14H17F3N6O/c1-9(24)18-7-10-3-2-6-22(8-10)12-5-4-11-19-20-13(14(15,16)17)23(11)21-12/h4-5,10H,2-3,6-8H2,1H3,(H,18,24). The fourth-order valence-electron chi connectivity index (χ4n) is 2.85. The summed E-state index contributed by atoms with van der Waals surface area (Å²) in [4.78, 5) is 13.0. The number of rotatable bonds is 3. The second-order valence-corrected chi connectivity index (χ2v) is 5.87. The SMILES string of the molecule is CC(=O)NCC1CCCN(c2ccc3nnc(C(F)(F)F)n3n2)C1. The van der Waals surface area contributed by atoms with Gasteiger partial charge in [0.05, 0.1) is 0 Å². The monoisotopic (exact) mass is 342 g/mol. The molecule has 1 aliphatic heterocycles. The van der Waals surface area contributed by atoms with Gasteiger partial charge in [0.2, 0.25) is 5.91 Å². The van der Waals surface area contributed by atoms with Gasteiger partial charge in [-0.3, -0.25) is 4.79 Å². The van der Waals surface area contributed by atoms with Crippen LogP contribution in [0.3, 0.4) is 0 Å². The van der Waals surface area contributed by atoms with Crippen LogP contribution in [0, 0.1) is 5.92 Å². The number of carbonyl (C=O) groups excluding carboxylic acids is 1. The zero-order chi connectivity index (χ0) is 17.3. The second-order valence-electron chi connectivity index (χ2n) is 5.87. The number of anilines is 1. The lowest BCUT2D eigenvalue weighted by Crippen LogP contribution is -2.41. The van der Waals surface area contributed by atoms with Crippen LogP contribution in [0.4, 0.5) is 19.0 Å². The molecule has 1 unspecified atom stereocenters. The number of nitrogens with zero attached hydrogens (tertiary/aromatic N) is 5. The van der Waals surface area contributed by atoms with E-state index in [9.17, 15) is 18.0 Å². The molecule has 0 bridgehead atoms. The van der Waals surface area contributed by atoms with Gasteiger partial charge in [0.1, 0.15) is 5.82 Å². The van der Waals surface area contributed by atoms with Crippen LogP contribution in [0.25, 0.3) is 5.65 Å². The van der Waals surface area contributed by atoms with Crippen molar-refractivity contribution < 1.29 is 18.0 Å². The van der Waals surface area contributed by atoms with Crippen LogP contribution in [0.5, 0.6) is 0 Å². The molecule has 3 heterocycles. The summed E-state index contributed by atoms with van der Waals surface area (Å²) in [6.45, 7) is 3.34. The molecule has 0 radical (unpaired) electrons. The highest BCUT2D eigenvalue weighted by Gasteiger charge is 2.37. The Morgan fingerprint density at radius 3 is 2.88 bits per heavy atom. The van der Waals surface area contributed by atoms with Crippen LogP contribution in [0.1, 0.15) is 25.6 Å². The van der Waals surface area contributed by atoms with E-state index in [1.54, 1.807) is 6.07 Å². The molecule has 130 valence electrons. The first-order chi connectivity index (χ1) is 11.3. The van der Waals surface area contributed by atoms with Gasteiger partial charge in [0, 0.05) is 26.6 Å². The molecule has 3 rings (SSSR count). The Balaban J connectivity index is 1.82. The topological polar surface area (TPSA) is 75.4 Å². The van der Waals surface area contributed by atoms with E-state index >= 15 is 0 Å². The third-order valence-electron chi connectivity index (χ3n) is 3.98. The van der Waals surface area contributed by atoms with Crippen molar-refractivity contribution in [1.82, 2.24) is 25.1 Å². The van der Waals surface area contributed by atoms with E-state index < -0.39 is 12.0 Å². The Hall–Kier alpha value is -2.39. The molecule has 1 amide bonds. The van der Waals surface area contributed by atoms with Gasteiger partial charge >= 0.3 is 6.18 Å². The molecule has 10 heteroatoms. The summed E-state index contributed by atoms with van der Waals surface area (Å²) in [6.07, 6.45) is -2.77. The van der Waals surface area contributed by atoms with Crippen LogP contribution in [0.15, 0.2) is 12.1 Å². The molecule has 0 saturated carbocycles. The zero-order valence-corrected chi connectivity index (χ0v) is 13.0. The predicted octanol–water partition coefficient (Wildman–Crippen LogP) is 1.50. The minimum atomic E-state index is -4.61. The van der Waals surface area contributed by atoms with Crippen molar-refractivity contribution in [3.63, 3.8) is 0 Å². The fraction of sp³-hybridized carbons (Fsp3) is 0.571. The molecule has 1 saturated heterocycles. The van der Waals surface area contributed by atoms with Crippen LogP contribution in [-0.4, -0.2) is 45.4 Å². The lowest BCUT2D eigenvalue weighted by atomic mass is 9.98. The van der Waals surface area contributed by atoms with E-state index in [0.29, 0.717) is 25.5 Å². The minimum Gasteiger partial charge on any atom is -0.356 e. The van der Waals surface area contributed by atoms with E-state index in [-0.39, 0.29) is 17.5 Å². The van der Waals surface area contributed by atoms with Gasteiger partial charge in [0.25, 0.3) is 5.82 Å². The summed E-state index contributed by atoms with van der Waals surface area (Å²) < 4.78 is 39.6. The number of fused-ring (bicyclic) bond motifs is 1. The normalized spacial score (nSPS) is 18.8. The highest BCUT2D eigenvalue weighted by Crippen LogP contribution is 2.28. The van der Waals surface area contributed by atoms with Crippen LogP contribution >= 0.6 is 0 Å². The molecular weight excluding hydrogens is 325 g/mol. The molecule has 1 N–H and O–H groups in total. The maximum atomic E-state index is 12.9. The van der Waals surface area contributed by atoms with Crippen LogP contribution in [-0.2, 0) is 11.0 Å². The van der Waals surface area contributed by atoms with Gasteiger partial charge < -0.3 is 10.2 Å². The van der Waals surface area contributed by atoms with Gasteiger partial charge in [-0.15, -0.1) is 15.3 Å². The summed E-state index contributed by atoms with van der Waals surface area (Å²) in [7, 11) is 0. The number of amides is 1. The summed E-state index contributed by atoms with van der Waals surface area (Å²) >= 11 is 0. The molecule has 2 aromatic rings. The van der Waals surface area contributed by atoms with Gasteiger partial charge in [-0.1, -0.05) is 0 Å². The van der Waals surface area contributed by atoms with Crippen LogP contribution < -0.4 is 10.2 Å².